The fraction of sp³-hybridized carbons (Fsp3) is 0.250. The van der Waals surface area contributed by atoms with Crippen LogP contribution in [0.4, 0.5) is 5.69 Å². The molecule has 0 aliphatic carbocycles. The van der Waals surface area contributed by atoms with Crippen molar-refractivity contribution < 1.29 is 4.74 Å². The van der Waals surface area contributed by atoms with Crippen LogP contribution in [0.25, 0.3) is 0 Å². The summed E-state index contributed by atoms with van der Waals surface area (Å²) in [6, 6.07) is 17.6. The number of anilines is 1. The van der Waals surface area contributed by atoms with E-state index in [0.717, 1.165) is 12.3 Å². The molecule has 0 aromatic heterocycles. The fourth-order valence-electron chi connectivity index (χ4n) is 2.27. The Balaban J connectivity index is 1.74. The lowest BCUT2D eigenvalue weighted by Crippen LogP contribution is -1.94. The maximum atomic E-state index is 5.18. The van der Waals surface area contributed by atoms with E-state index >= 15 is 0 Å². The first-order valence-electron chi connectivity index (χ1n) is 6.25. The number of rotatable bonds is 3. The van der Waals surface area contributed by atoms with Gasteiger partial charge in [0.1, 0.15) is 5.75 Å². The zero-order valence-corrected chi connectivity index (χ0v) is 10.8. The number of hydrogen-bond donors (Lipinski definition) is 0. The molecule has 1 fully saturated rings. The number of benzene rings is 2. The minimum absolute atomic E-state index is 0.541. The van der Waals surface area contributed by atoms with E-state index < -0.39 is 0 Å². The van der Waals surface area contributed by atoms with Crippen LogP contribution in [0.5, 0.6) is 5.75 Å². The molecule has 0 saturated carbocycles. The van der Waals surface area contributed by atoms with Crippen LogP contribution >= 0.6 is 0 Å². The average molecular weight is 239 g/mol. The second-order valence-electron chi connectivity index (χ2n) is 4.78. The highest BCUT2D eigenvalue weighted by Crippen LogP contribution is 2.40. The second kappa shape index (κ2) is 4.37. The van der Waals surface area contributed by atoms with Gasteiger partial charge in [0.2, 0.25) is 0 Å². The van der Waals surface area contributed by atoms with Crippen LogP contribution in [-0.2, 0) is 0 Å². The van der Waals surface area contributed by atoms with Crippen molar-refractivity contribution in [2.45, 2.75) is 13.0 Å². The van der Waals surface area contributed by atoms with Gasteiger partial charge < -0.3 is 9.64 Å². The van der Waals surface area contributed by atoms with E-state index in [0.29, 0.717) is 6.04 Å². The summed E-state index contributed by atoms with van der Waals surface area (Å²) in [5.41, 5.74) is 3.98. The smallest absolute Gasteiger partial charge is 0.119 e. The molecule has 0 spiro atoms. The summed E-state index contributed by atoms with van der Waals surface area (Å²) in [7, 11) is 1.70. The Morgan fingerprint density at radius 2 is 1.67 bits per heavy atom. The van der Waals surface area contributed by atoms with Crippen molar-refractivity contribution in [3.05, 3.63) is 59.7 Å². The molecule has 0 bridgehead atoms. The van der Waals surface area contributed by atoms with Crippen molar-refractivity contribution >= 4 is 5.69 Å². The third-order valence-electron chi connectivity index (χ3n) is 3.48. The minimum atomic E-state index is 0.541. The number of aryl methyl sites for hydroxylation is 1. The van der Waals surface area contributed by atoms with Crippen molar-refractivity contribution in [3.63, 3.8) is 0 Å². The topological polar surface area (TPSA) is 12.2 Å². The molecule has 0 amide bonds. The molecule has 1 aliphatic rings. The highest BCUT2D eigenvalue weighted by molar-refractivity contribution is 5.57. The van der Waals surface area contributed by atoms with Gasteiger partial charge in [-0.3, -0.25) is 0 Å². The molecule has 2 heteroatoms. The van der Waals surface area contributed by atoms with Crippen LogP contribution in [0.3, 0.4) is 0 Å². The molecule has 0 N–H and O–H groups in total. The highest BCUT2D eigenvalue weighted by atomic mass is 16.5. The summed E-state index contributed by atoms with van der Waals surface area (Å²) >= 11 is 0. The number of nitrogens with zero attached hydrogens (tertiary/aromatic N) is 1. The lowest BCUT2D eigenvalue weighted by atomic mass is 10.1. The van der Waals surface area contributed by atoms with Gasteiger partial charge in [0.05, 0.1) is 13.2 Å². The van der Waals surface area contributed by atoms with Gasteiger partial charge in [-0.15, -0.1) is 0 Å². The zero-order chi connectivity index (χ0) is 12.5. The minimum Gasteiger partial charge on any atom is -0.497 e. The summed E-state index contributed by atoms with van der Waals surface area (Å²) < 4.78 is 5.18. The molecule has 1 heterocycles. The molecule has 2 nitrogen and oxygen atoms in total. The summed E-state index contributed by atoms with van der Waals surface area (Å²) in [4.78, 5) is 2.39. The summed E-state index contributed by atoms with van der Waals surface area (Å²) in [5, 5.41) is 0. The summed E-state index contributed by atoms with van der Waals surface area (Å²) in [6.07, 6.45) is 0. The van der Waals surface area contributed by atoms with E-state index in [1.165, 1.54) is 16.8 Å². The van der Waals surface area contributed by atoms with Crippen molar-refractivity contribution in [2.24, 2.45) is 0 Å². The first-order chi connectivity index (χ1) is 8.78. The quantitative estimate of drug-likeness (QED) is 0.759. The Morgan fingerprint density at radius 1 is 1.00 bits per heavy atom. The van der Waals surface area contributed by atoms with Crippen LogP contribution in [-0.4, -0.2) is 13.7 Å². The highest BCUT2D eigenvalue weighted by Gasteiger charge is 2.35. The van der Waals surface area contributed by atoms with Crippen molar-refractivity contribution in [1.82, 2.24) is 0 Å². The van der Waals surface area contributed by atoms with E-state index in [1.54, 1.807) is 7.11 Å². The first-order valence-corrected chi connectivity index (χ1v) is 6.25. The van der Waals surface area contributed by atoms with Gasteiger partial charge in [-0.2, -0.15) is 0 Å². The first kappa shape index (κ1) is 11.1. The predicted octanol–water partition coefficient (Wildman–Crippen LogP) is 3.56. The molecule has 1 atom stereocenters. The van der Waals surface area contributed by atoms with Gasteiger partial charge in [-0.05, 0) is 36.8 Å². The van der Waals surface area contributed by atoms with Gasteiger partial charge in [-0.1, -0.05) is 29.8 Å². The number of hydrogen-bond acceptors (Lipinski definition) is 2. The maximum Gasteiger partial charge on any atom is 0.119 e. The lowest BCUT2D eigenvalue weighted by Gasteiger charge is -2.07. The Labute approximate surface area is 108 Å². The van der Waals surface area contributed by atoms with Gasteiger partial charge in [0.15, 0.2) is 0 Å². The molecule has 92 valence electrons. The Kier molecular flexibility index (Phi) is 2.71. The maximum absolute atomic E-state index is 5.18. The van der Waals surface area contributed by atoms with E-state index in [-0.39, 0.29) is 0 Å². The zero-order valence-electron chi connectivity index (χ0n) is 10.8. The van der Waals surface area contributed by atoms with E-state index in [9.17, 15) is 0 Å². The molecule has 0 unspecified atom stereocenters. The van der Waals surface area contributed by atoms with Crippen LogP contribution in [0, 0.1) is 6.92 Å². The standard InChI is InChI=1S/C16H17NO/c1-12-3-5-13(6-4-12)16-11-17(16)14-7-9-15(18-2)10-8-14/h3-10,16H,11H2,1-2H3/t16-,17?/m1/s1. The largest absolute Gasteiger partial charge is 0.497 e. The molecule has 2 aromatic rings. The average Bonchev–Trinajstić information content (AvgIpc) is 3.20. The van der Waals surface area contributed by atoms with Gasteiger partial charge in [-0.25, -0.2) is 0 Å². The van der Waals surface area contributed by atoms with Crippen LogP contribution < -0.4 is 9.64 Å². The van der Waals surface area contributed by atoms with E-state index in [1.807, 2.05) is 12.1 Å². The van der Waals surface area contributed by atoms with Gasteiger partial charge in [0.25, 0.3) is 0 Å². The Hall–Kier alpha value is -1.96. The predicted molar refractivity (Wildman–Crippen MR) is 74.3 cm³/mol. The molecule has 0 radical (unpaired) electrons. The monoisotopic (exact) mass is 239 g/mol. The van der Waals surface area contributed by atoms with Crippen LogP contribution in [0.2, 0.25) is 0 Å². The van der Waals surface area contributed by atoms with Gasteiger partial charge in [0, 0.05) is 12.2 Å². The number of methoxy groups -OCH3 is 1. The van der Waals surface area contributed by atoms with Crippen molar-refractivity contribution in [3.8, 4) is 5.75 Å². The Bertz CT molecular complexity index is 530. The molecule has 1 saturated heterocycles. The third kappa shape index (κ3) is 2.06. The summed E-state index contributed by atoms with van der Waals surface area (Å²) in [6.45, 7) is 3.23. The third-order valence-corrected chi connectivity index (χ3v) is 3.48. The van der Waals surface area contributed by atoms with E-state index in [2.05, 4.69) is 48.2 Å². The molecule has 2 aromatic carbocycles. The van der Waals surface area contributed by atoms with Crippen molar-refractivity contribution in [2.75, 3.05) is 18.6 Å². The lowest BCUT2D eigenvalue weighted by molar-refractivity contribution is 0.415. The van der Waals surface area contributed by atoms with Gasteiger partial charge >= 0.3 is 0 Å². The molecular weight excluding hydrogens is 222 g/mol. The second-order valence-corrected chi connectivity index (χ2v) is 4.78. The SMILES string of the molecule is COc1ccc(N2C[C@@H]2c2ccc(C)cc2)cc1. The Morgan fingerprint density at radius 3 is 2.28 bits per heavy atom. The van der Waals surface area contributed by atoms with E-state index in [4.69, 9.17) is 4.74 Å². The molecule has 1 aliphatic heterocycles. The normalized spacial score (nSPS) is 17.7. The van der Waals surface area contributed by atoms with Crippen LogP contribution in [0.15, 0.2) is 48.5 Å². The van der Waals surface area contributed by atoms with Crippen molar-refractivity contribution in [1.29, 1.82) is 0 Å². The fourth-order valence-corrected chi connectivity index (χ4v) is 2.27. The van der Waals surface area contributed by atoms with Crippen LogP contribution in [0.1, 0.15) is 17.2 Å². The number of ether oxygens (including phenoxy) is 1. The molecule has 3 rings (SSSR count). The summed E-state index contributed by atoms with van der Waals surface area (Å²) in [5.74, 6) is 0.910. The molecular formula is C16H17NO. The molecule has 18 heavy (non-hydrogen) atoms.